The van der Waals surface area contributed by atoms with Gasteiger partial charge in [0.05, 0.1) is 19.3 Å². The van der Waals surface area contributed by atoms with Crippen LogP contribution in [-0.4, -0.2) is 38.2 Å². The van der Waals surface area contributed by atoms with Crippen LogP contribution in [0.4, 0.5) is 8.78 Å². The molecule has 2 rings (SSSR count). The minimum Gasteiger partial charge on any atom is -0.494 e. The lowest BCUT2D eigenvalue weighted by Gasteiger charge is -2.17. The molecule has 2 N–H and O–H groups in total. The predicted octanol–water partition coefficient (Wildman–Crippen LogP) is 2.92. The summed E-state index contributed by atoms with van der Waals surface area (Å²) in [5.41, 5.74) is 4.08. The molecule has 0 aliphatic heterocycles. The van der Waals surface area contributed by atoms with Crippen molar-refractivity contribution in [2.45, 2.75) is 26.6 Å². The number of carbonyl (C=O) groups is 2. The highest BCUT2D eigenvalue weighted by atomic mass is 19.3. The highest BCUT2D eigenvalue weighted by Gasteiger charge is 2.22. The van der Waals surface area contributed by atoms with Crippen LogP contribution in [-0.2, 0) is 4.79 Å². The summed E-state index contributed by atoms with van der Waals surface area (Å²) < 4.78 is 45.5. The second-order valence-corrected chi connectivity index (χ2v) is 5.82. The molecule has 0 saturated heterocycles. The van der Waals surface area contributed by atoms with E-state index in [0.717, 1.165) is 0 Å². The number of rotatable bonds is 9. The Morgan fingerprint density at radius 3 is 2.27 bits per heavy atom. The van der Waals surface area contributed by atoms with Gasteiger partial charge < -0.3 is 18.9 Å². The summed E-state index contributed by atoms with van der Waals surface area (Å²) in [6.45, 7) is 0.703. The molecular formula is C20H22F2N2O6. The number of hydrazine groups is 1. The van der Waals surface area contributed by atoms with Gasteiger partial charge in [0.1, 0.15) is 11.5 Å². The van der Waals surface area contributed by atoms with E-state index in [-0.39, 0.29) is 11.3 Å². The minimum atomic E-state index is -3.16. The number of amides is 2. The van der Waals surface area contributed by atoms with Gasteiger partial charge >= 0.3 is 6.61 Å². The Morgan fingerprint density at radius 2 is 1.67 bits per heavy atom. The van der Waals surface area contributed by atoms with E-state index in [4.69, 9.17) is 14.2 Å². The zero-order chi connectivity index (χ0) is 22.1. The molecule has 0 spiro atoms. The molecular weight excluding hydrogens is 402 g/mol. The maximum atomic E-state index is 12.7. The van der Waals surface area contributed by atoms with E-state index >= 15 is 0 Å². The zero-order valence-corrected chi connectivity index (χ0v) is 16.6. The van der Waals surface area contributed by atoms with Gasteiger partial charge in [-0.2, -0.15) is 8.78 Å². The summed E-state index contributed by atoms with van der Waals surface area (Å²) in [5.74, 6) is -0.938. The van der Waals surface area contributed by atoms with E-state index in [9.17, 15) is 18.4 Å². The Balaban J connectivity index is 1.97. The van der Waals surface area contributed by atoms with Crippen molar-refractivity contribution in [3.05, 3.63) is 48.0 Å². The SMILES string of the molecule is CCOc1ccc(OC(C)C(=O)NNC(=O)c2cccc(OC)c2OC(F)F)cc1. The average Bonchev–Trinajstić information content (AvgIpc) is 2.73. The number of halogens is 2. The lowest BCUT2D eigenvalue weighted by Crippen LogP contribution is -2.47. The summed E-state index contributed by atoms with van der Waals surface area (Å²) in [6.07, 6.45) is -0.953. The van der Waals surface area contributed by atoms with Gasteiger partial charge in [-0.25, -0.2) is 0 Å². The van der Waals surface area contributed by atoms with E-state index in [2.05, 4.69) is 15.6 Å². The first kappa shape index (κ1) is 22.7. The topological polar surface area (TPSA) is 95.1 Å². The summed E-state index contributed by atoms with van der Waals surface area (Å²) in [5, 5.41) is 0. The summed E-state index contributed by atoms with van der Waals surface area (Å²) in [7, 11) is 1.25. The van der Waals surface area contributed by atoms with Gasteiger partial charge in [-0.1, -0.05) is 6.07 Å². The van der Waals surface area contributed by atoms with Crippen LogP contribution in [0.2, 0.25) is 0 Å². The second-order valence-electron chi connectivity index (χ2n) is 5.82. The molecule has 10 heteroatoms. The molecule has 0 heterocycles. The molecule has 0 aromatic heterocycles. The molecule has 2 amide bonds. The molecule has 1 atom stereocenters. The maximum absolute atomic E-state index is 12.7. The largest absolute Gasteiger partial charge is 0.494 e. The normalized spacial score (nSPS) is 11.4. The lowest BCUT2D eigenvalue weighted by atomic mass is 10.1. The summed E-state index contributed by atoms with van der Waals surface area (Å²) in [6, 6.07) is 10.7. The smallest absolute Gasteiger partial charge is 0.387 e. The Kier molecular flexibility index (Phi) is 8.21. The molecule has 0 fully saturated rings. The van der Waals surface area contributed by atoms with Crippen molar-refractivity contribution in [2.75, 3.05) is 13.7 Å². The molecule has 1 unspecified atom stereocenters. The number of nitrogens with one attached hydrogen (secondary N) is 2. The monoisotopic (exact) mass is 424 g/mol. The Labute approximate surface area is 172 Å². The van der Waals surface area contributed by atoms with Crippen molar-refractivity contribution < 1.29 is 37.3 Å². The van der Waals surface area contributed by atoms with Gasteiger partial charge in [-0.05, 0) is 50.2 Å². The standard InChI is InChI=1S/C20H22F2N2O6/c1-4-28-13-8-10-14(11-9-13)29-12(2)18(25)23-24-19(26)15-6-5-7-16(27-3)17(15)30-20(21)22/h5-12,20H,4H2,1-3H3,(H,23,25)(H,24,26). The number of hydrogen-bond donors (Lipinski definition) is 2. The average molecular weight is 424 g/mol. The van der Waals surface area contributed by atoms with Crippen molar-refractivity contribution in [2.24, 2.45) is 0 Å². The fourth-order valence-corrected chi connectivity index (χ4v) is 2.39. The molecule has 0 saturated carbocycles. The fraction of sp³-hybridized carbons (Fsp3) is 0.300. The van der Waals surface area contributed by atoms with Crippen molar-refractivity contribution in [3.8, 4) is 23.0 Å². The molecule has 0 aliphatic rings. The van der Waals surface area contributed by atoms with Crippen molar-refractivity contribution in [3.63, 3.8) is 0 Å². The Hall–Kier alpha value is -3.56. The van der Waals surface area contributed by atoms with Crippen molar-refractivity contribution in [1.29, 1.82) is 0 Å². The van der Waals surface area contributed by atoms with Gasteiger partial charge in [-0.3, -0.25) is 20.4 Å². The van der Waals surface area contributed by atoms with E-state index < -0.39 is 30.3 Å². The van der Waals surface area contributed by atoms with E-state index in [1.54, 1.807) is 24.3 Å². The molecule has 30 heavy (non-hydrogen) atoms. The lowest BCUT2D eigenvalue weighted by molar-refractivity contribution is -0.128. The molecule has 0 aliphatic carbocycles. The van der Waals surface area contributed by atoms with Gasteiger partial charge in [0.25, 0.3) is 11.8 Å². The van der Waals surface area contributed by atoms with Crippen LogP contribution in [0.1, 0.15) is 24.2 Å². The molecule has 2 aromatic carbocycles. The zero-order valence-electron chi connectivity index (χ0n) is 16.6. The number of carbonyl (C=O) groups excluding carboxylic acids is 2. The third-order valence-electron chi connectivity index (χ3n) is 3.77. The van der Waals surface area contributed by atoms with Crippen LogP contribution in [0, 0.1) is 0 Å². The van der Waals surface area contributed by atoms with Gasteiger partial charge in [-0.15, -0.1) is 0 Å². The number of methoxy groups -OCH3 is 1. The first-order valence-corrected chi connectivity index (χ1v) is 8.97. The minimum absolute atomic E-state index is 0.0542. The van der Waals surface area contributed by atoms with Crippen LogP contribution in [0.15, 0.2) is 42.5 Å². The van der Waals surface area contributed by atoms with Crippen LogP contribution in [0.3, 0.4) is 0 Å². The van der Waals surface area contributed by atoms with Crippen LogP contribution < -0.4 is 29.8 Å². The quantitative estimate of drug-likeness (QED) is 0.601. The third-order valence-corrected chi connectivity index (χ3v) is 3.77. The van der Waals surface area contributed by atoms with E-state index in [1.807, 2.05) is 6.92 Å². The molecule has 0 radical (unpaired) electrons. The number of alkyl halides is 2. The van der Waals surface area contributed by atoms with Gasteiger partial charge in [0, 0.05) is 0 Å². The Bertz CT molecular complexity index is 861. The highest BCUT2D eigenvalue weighted by Crippen LogP contribution is 2.32. The fourth-order valence-electron chi connectivity index (χ4n) is 2.39. The molecule has 0 bridgehead atoms. The first-order chi connectivity index (χ1) is 14.3. The number of benzene rings is 2. The van der Waals surface area contributed by atoms with Gasteiger partial charge in [0.2, 0.25) is 0 Å². The number of ether oxygens (including phenoxy) is 4. The Morgan fingerprint density at radius 1 is 1.00 bits per heavy atom. The molecule has 8 nitrogen and oxygen atoms in total. The third kappa shape index (κ3) is 6.23. The van der Waals surface area contributed by atoms with Crippen LogP contribution in [0.5, 0.6) is 23.0 Å². The van der Waals surface area contributed by atoms with Crippen molar-refractivity contribution >= 4 is 11.8 Å². The first-order valence-electron chi connectivity index (χ1n) is 8.97. The number of hydrogen-bond acceptors (Lipinski definition) is 6. The van der Waals surface area contributed by atoms with Gasteiger partial charge in [0.15, 0.2) is 17.6 Å². The second kappa shape index (κ2) is 10.8. The molecule has 162 valence electrons. The highest BCUT2D eigenvalue weighted by molar-refractivity contribution is 5.99. The summed E-state index contributed by atoms with van der Waals surface area (Å²) in [4.78, 5) is 24.5. The van der Waals surface area contributed by atoms with E-state index in [0.29, 0.717) is 18.1 Å². The van der Waals surface area contributed by atoms with Crippen LogP contribution >= 0.6 is 0 Å². The van der Waals surface area contributed by atoms with Crippen LogP contribution in [0.25, 0.3) is 0 Å². The molecule has 2 aromatic rings. The predicted molar refractivity (Wildman–Crippen MR) is 103 cm³/mol. The number of para-hydroxylation sites is 1. The van der Waals surface area contributed by atoms with E-state index in [1.165, 1.54) is 32.2 Å². The maximum Gasteiger partial charge on any atom is 0.387 e. The summed E-state index contributed by atoms with van der Waals surface area (Å²) >= 11 is 0. The van der Waals surface area contributed by atoms with Crippen molar-refractivity contribution in [1.82, 2.24) is 10.9 Å².